The summed E-state index contributed by atoms with van der Waals surface area (Å²) in [4.78, 5) is 1.92. The first-order valence-corrected chi connectivity index (χ1v) is 7.29. The van der Waals surface area contributed by atoms with Gasteiger partial charge in [-0.05, 0) is 42.3 Å². The van der Waals surface area contributed by atoms with E-state index >= 15 is 0 Å². The minimum Gasteiger partial charge on any atom is -0.149 e. The summed E-state index contributed by atoms with van der Waals surface area (Å²) in [5.41, 5.74) is 2.86. The van der Waals surface area contributed by atoms with Gasteiger partial charge in [0.2, 0.25) is 0 Å². The highest BCUT2D eigenvalue weighted by molar-refractivity contribution is 9.09. The Balaban J connectivity index is 1.94. The lowest BCUT2D eigenvalue weighted by Gasteiger charge is -2.09. The third-order valence-electron chi connectivity index (χ3n) is 2.79. The largest absolute Gasteiger partial charge is 0.149 e. The summed E-state index contributed by atoms with van der Waals surface area (Å²) in [5, 5.41) is 2.18. The van der Waals surface area contributed by atoms with Gasteiger partial charge in [-0.1, -0.05) is 46.3 Å². The third kappa shape index (κ3) is 2.96. The fourth-order valence-corrected chi connectivity index (χ4v) is 3.07. The van der Waals surface area contributed by atoms with Crippen molar-refractivity contribution in [2.75, 3.05) is 0 Å². The van der Waals surface area contributed by atoms with Crippen molar-refractivity contribution in [3.8, 4) is 0 Å². The van der Waals surface area contributed by atoms with Crippen LogP contribution in [0.3, 0.4) is 0 Å². The predicted octanol–water partition coefficient (Wildman–Crippen LogP) is 5.13. The smallest absolute Gasteiger partial charge is 0.0398 e. The number of aryl methyl sites for hydroxylation is 2. The summed E-state index contributed by atoms with van der Waals surface area (Å²) in [6.45, 7) is 2.20. The fourth-order valence-electron chi connectivity index (χ4n) is 1.78. The summed E-state index contributed by atoms with van der Waals surface area (Å²) in [5.74, 6) is 0. The summed E-state index contributed by atoms with van der Waals surface area (Å²) in [7, 11) is 0. The minimum atomic E-state index is 0.466. The number of hydrogen-bond donors (Lipinski definition) is 0. The van der Waals surface area contributed by atoms with Gasteiger partial charge in [0.25, 0.3) is 0 Å². The van der Waals surface area contributed by atoms with Crippen LogP contribution in [0.1, 0.15) is 27.3 Å². The van der Waals surface area contributed by atoms with Gasteiger partial charge in [0.05, 0.1) is 0 Å². The molecule has 1 unspecified atom stereocenters. The molecule has 2 rings (SSSR count). The van der Waals surface area contributed by atoms with Crippen LogP contribution in [0, 0.1) is 6.92 Å². The lowest BCUT2D eigenvalue weighted by molar-refractivity contribution is 0.812. The van der Waals surface area contributed by atoms with Gasteiger partial charge in [-0.3, -0.25) is 0 Å². The molecule has 1 aromatic carbocycles. The lowest BCUT2D eigenvalue weighted by atomic mass is 10.0. The van der Waals surface area contributed by atoms with E-state index in [4.69, 9.17) is 0 Å². The normalized spacial score (nSPS) is 12.6. The number of alkyl halides is 1. The van der Waals surface area contributed by atoms with Crippen molar-refractivity contribution in [2.24, 2.45) is 0 Å². The molecule has 0 bridgehead atoms. The maximum Gasteiger partial charge on any atom is 0.0398 e. The average molecular weight is 295 g/mol. The van der Waals surface area contributed by atoms with Crippen LogP contribution in [-0.4, -0.2) is 0 Å². The fraction of sp³-hybridized carbons (Fsp3) is 0.286. The van der Waals surface area contributed by atoms with E-state index in [9.17, 15) is 0 Å². The van der Waals surface area contributed by atoms with Gasteiger partial charge in [0.1, 0.15) is 0 Å². The molecule has 2 heteroatoms. The SMILES string of the molecule is Cc1sccc1CCC(Br)c1ccccc1. The van der Waals surface area contributed by atoms with E-state index in [-0.39, 0.29) is 0 Å². The molecular weight excluding hydrogens is 280 g/mol. The average Bonchev–Trinajstić information content (AvgIpc) is 2.73. The Kier molecular flexibility index (Phi) is 4.19. The quantitative estimate of drug-likeness (QED) is 0.686. The lowest BCUT2D eigenvalue weighted by Crippen LogP contribution is -1.93. The van der Waals surface area contributed by atoms with E-state index in [1.807, 2.05) is 11.3 Å². The van der Waals surface area contributed by atoms with E-state index in [1.54, 1.807) is 0 Å². The molecule has 0 N–H and O–H groups in total. The summed E-state index contributed by atoms with van der Waals surface area (Å²) in [6.07, 6.45) is 2.31. The van der Waals surface area contributed by atoms with Gasteiger partial charge < -0.3 is 0 Å². The minimum absolute atomic E-state index is 0.466. The molecule has 0 saturated heterocycles. The summed E-state index contributed by atoms with van der Waals surface area (Å²) < 4.78 is 0. The van der Waals surface area contributed by atoms with Crippen molar-refractivity contribution in [1.82, 2.24) is 0 Å². The van der Waals surface area contributed by atoms with Gasteiger partial charge in [0, 0.05) is 9.70 Å². The third-order valence-corrected chi connectivity index (χ3v) is 4.67. The predicted molar refractivity (Wildman–Crippen MR) is 75.5 cm³/mol. The molecule has 0 spiro atoms. The highest BCUT2D eigenvalue weighted by Crippen LogP contribution is 2.29. The molecule has 16 heavy (non-hydrogen) atoms. The number of thiophene rings is 1. The van der Waals surface area contributed by atoms with Crippen molar-refractivity contribution in [3.63, 3.8) is 0 Å². The highest BCUT2D eigenvalue weighted by Gasteiger charge is 2.08. The van der Waals surface area contributed by atoms with Crippen molar-refractivity contribution in [3.05, 3.63) is 57.8 Å². The number of benzene rings is 1. The van der Waals surface area contributed by atoms with E-state index in [1.165, 1.54) is 16.0 Å². The van der Waals surface area contributed by atoms with Crippen molar-refractivity contribution < 1.29 is 0 Å². The van der Waals surface area contributed by atoms with Crippen molar-refractivity contribution >= 4 is 27.3 Å². The topological polar surface area (TPSA) is 0 Å². The van der Waals surface area contributed by atoms with Crippen LogP contribution in [0.2, 0.25) is 0 Å². The van der Waals surface area contributed by atoms with Crippen LogP contribution < -0.4 is 0 Å². The standard InChI is InChI=1S/C14H15BrS/c1-11-12(9-10-16-11)7-8-14(15)13-5-3-2-4-6-13/h2-6,9-10,14H,7-8H2,1H3. The van der Waals surface area contributed by atoms with Gasteiger partial charge in [-0.2, -0.15) is 0 Å². The molecule has 1 atom stereocenters. The van der Waals surface area contributed by atoms with Crippen LogP contribution >= 0.6 is 27.3 Å². The number of rotatable bonds is 4. The molecular formula is C14H15BrS. The Morgan fingerprint density at radius 2 is 1.94 bits per heavy atom. The maximum atomic E-state index is 3.76. The molecule has 2 aromatic rings. The molecule has 0 nitrogen and oxygen atoms in total. The maximum absolute atomic E-state index is 3.76. The Morgan fingerprint density at radius 3 is 2.56 bits per heavy atom. The van der Waals surface area contributed by atoms with Gasteiger partial charge >= 0.3 is 0 Å². The van der Waals surface area contributed by atoms with E-state index in [2.05, 4.69) is 64.6 Å². The zero-order chi connectivity index (χ0) is 11.4. The van der Waals surface area contributed by atoms with Gasteiger partial charge in [-0.25, -0.2) is 0 Å². The van der Waals surface area contributed by atoms with E-state index < -0.39 is 0 Å². The van der Waals surface area contributed by atoms with Crippen LogP contribution in [0.4, 0.5) is 0 Å². The molecule has 0 amide bonds. The van der Waals surface area contributed by atoms with Crippen LogP contribution in [0.5, 0.6) is 0 Å². The molecule has 0 saturated carbocycles. The summed E-state index contributed by atoms with van der Waals surface area (Å²) in [6, 6.07) is 12.9. The van der Waals surface area contributed by atoms with Crippen molar-refractivity contribution in [1.29, 1.82) is 0 Å². The highest BCUT2D eigenvalue weighted by atomic mass is 79.9. The van der Waals surface area contributed by atoms with Crippen molar-refractivity contribution in [2.45, 2.75) is 24.6 Å². The monoisotopic (exact) mass is 294 g/mol. The first-order chi connectivity index (χ1) is 7.77. The molecule has 0 aliphatic heterocycles. The zero-order valence-corrected chi connectivity index (χ0v) is 11.7. The van der Waals surface area contributed by atoms with Crippen LogP contribution in [0.25, 0.3) is 0 Å². The second-order valence-electron chi connectivity index (χ2n) is 3.92. The van der Waals surface area contributed by atoms with E-state index in [0.29, 0.717) is 4.83 Å². The zero-order valence-electron chi connectivity index (χ0n) is 9.32. The Hall–Kier alpha value is -0.600. The Labute approximate surface area is 109 Å². The molecule has 1 aromatic heterocycles. The molecule has 0 fully saturated rings. The van der Waals surface area contributed by atoms with Gasteiger partial charge in [-0.15, -0.1) is 11.3 Å². The number of halogens is 1. The molecule has 84 valence electrons. The van der Waals surface area contributed by atoms with E-state index in [0.717, 1.165) is 12.8 Å². The second kappa shape index (κ2) is 5.65. The first-order valence-electron chi connectivity index (χ1n) is 5.49. The van der Waals surface area contributed by atoms with Crippen LogP contribution in [0.15, 0.2) is 41.8 Å². The molecule has 0 aliphatic rings. The Morgan fingerprint density at radius 1 is 1.19 bits per heavy atom. The first kappa shape index (κ1) is 11.9. The molecule has 1 heterocycles. The summed E-state index contributed by atoms with van der Waals surface area (Å²) >= 11 is 5.60. The van der Waals surface area contributed by atoms with Crippen LogP contribution in [-0.2, 0) is 6.42 Å². The van der Waals surface area contributed by atoms with Gasteiger partial charge in [0.15, 0.2) is 0 Å². The molecule has 0 radical (unpaired) electrons. The molecule has 0 aliphatic carbocycles. The Bertz CT molecular complexity index is 433. The number of hydrogen-bond acceptors (Lipinski definition) is 1. The second-order valence-corrected chi connectivity index (χ2v) is 6.14.